The van der Waals surface area contributed by atoms with Gasteiger partial charge in [0.2, 0.25) is 0 Å². The zero-order chi connectivity index (χ0) is 17.5. The quantitative estimate of drug-likeness (QED) is 0.588. The number of fused-ring (bicyclic) bond motifs is 1. The van der Waals surface area contributed by atoms with Crippen LogP contribution in [0.5, 0.6) is 5.75 Å². The van der Waals surface area contributed by atoms with E-state index in [-0.39, 0.29) is 6.10 Å². The van der Waals surface area contributed by atoms with Crippen molar-refractivity contribution in [3.05, 3.63) is 42.0 Å². The molecule has 2 heterocycles. The molecule has 2 aromatic rings. The van der Waals surface area contributed by atoms with Crippen LogP contribution in [-0.2, 0) is 19.4 Å². The minimum atomic E-state index is 0.109. The maximum absolute atomic E-state index is 5.95. The molecule has 1 aliphatic rings. The average Bonchev–Trinajstić information content (AvgIpc) is 3.25. The van der Waals surface area contributed by atoms with Crippen LogP contribution in [0, 0.1) is 0 Å². The molecule has 134 valence electrons. The van der Waals surface area contributed by atoms with Gasteiger partial charge >= 0.3 is 0 Å². The second kappa shape index (κ2) is 8.50. The third-order valence-corrected chi connectivity index (χ3v) is 4.17. The monoisotopic (exact) mass is 342 g/mol. The van der Waals surface area contributed by atoms with Crippen molar-refractivity contribution in [1.29, 1.82) is 0 Å². The molecule has 1 aromatic carbocycles. The Morgan fingerprint density at radius 2 is 2.20 bits per heavy atom. The smallest absolute Gasteiger partial charge is 0.191 e. The summed E-state index contributed by atoms with van der Waals surface area (Å²) in [6, 6.07) is 8.19. The summed E-state index contributed by atoms with van der Waals surface area (Å²) >= 11 is 0. The van der Waals surface area contributed by atoms with Gasteiger partial charge in [-0.2, -0.15) is 0 Å². The fourth-order valence-corrected chi connectivity index (χ4v) is 2.92. The first kappa shape index (κ1) is 17.3. The minimum absolute atomic E-state index is 0.109. The SMILES string of the molecule is CCNC(=NCC1Cc2ccccc2O1)NCCn1cnnc1CC. The van der Waals surface area contributed by atoms with Gasteiger partial charge in [-0.15, -0.1) is 10.2 Å². The average molecular weight is 342 g/mol. The van der Waals surface area contributed by atoms with Gasteiger partial charge in [0.25, 0.3) is 0 Å². The molecule has 0 saturated heterocycles. The number of aryl methyl sites for hydroxylation is 1. The maximum Gasteiger partial charge on any atom is 0.191 e. The highest BCUT2D eigenvalue weighted by molar-refractivity contribution is 5.79. The third-order valence-electron chi connectivity index (χ3n) is 4.17. The highest BCUT2D eigenvalue weighted by atomic mass is 16.5. The van der Waals surface area contributed by atoms with Crippen molar-refractivity contribution in [3.63, 3.8) is 0 Å². The molecule has 7 nitrogen and oxygen atoms in total. The van der Waals surface area contributed by atoms with E-state index in [2.05, 4.69) is 56.4 Å². The topological polar surface area (TPSA) is 76.4 Å². The van der Waals surface area contributed by atoms with Crippen LogP contribution in [-0.4, -0.2) is 46.5 Å². The van der Waals surface area contributed by atoms with Crippen LogP contribution in [0.1, 0.15) is 25.2 Å². The lowest BCUT2D eigenvalue weighted by atomic mass is 10.1. The number of nitrogens with one attached hydrogen (secondary N) is 2. The van der Waals surface area contributed by atoms with Crippen molar-refractivity contribution in [3.8, 4) is 5.75 Å². The number of hydrogen-bond donors (Lipinski definition) is 2. The summed E-state index contributed by atoms with van der Waals surface area (Å²) in [6.45, 7) is 7.18. The summed E-state index contributed by atoms with van der Waals surface area (Å²) in [4.78, 5) is 4.67. The zero-order valence-electron chi connectivity index (χ0n) is 14.9. The zero-order valence-corrected chi connectivity index (χ0v) is 14.9. The molecule has 1 aromatic heterocycles. The van der Waals surface area contributed by atoms with Crippen LogP contribution in [0.2, 0.25) is 0 Å². The molecule has 0 bridgehead atoms. The van der Waals surface area contributed by atoms with E-state index >= 15 is 0 Å². The second-order valence-electron chi connectivity index (χ2n) is 5.99. The van der Waals surface area contributed by atoms with E-state index in [1.165, 1.54) is 5.56 Å². The molecular formula is C18H26N6O. The normalized spacial score (nSPS) is 16.4. The summed E-state index contributed by atoms with van der Waals surface area (Å²) in [5.74, 6) is 2.80. The van der Waals surface area contributed by atoms with E-state index < -0.39 is 0 Å². The van der Waals surface area contributed by atoms with Crippen LogP contribution in [0.3, 0.4) is 0 Å². The molecule has 0 saturated carbocycles. The van der Waals surface area contributed by atoms with Gasteiger partial charge in [-0.1, -0.05) is 25.1 Å². The first-order chi connectivity index (χ1) is 12.3. The Balaban J connectivity index is 1.50. The molecule has 0 radical (unpaired) electrons. The molecule has 7 heteroatoms. The van der Waals surface area contributed by atoms with E-state index in [1.54, 1.807) is 6.33 Å². The first-order valence-corrected chi connectivity index (χ1v) is 8.93. The number of aromatic nitrogens is 3. The molecule has 1 atom stereocenters. The van der Waals surface area contributed by atoms with E-state index in [1.807, 2.05) is 12.1 Å². The van der Waals surface area contributed by atoms with Gasteiger partial charge in [-0.3, -0.25) is 0 Å². The van der Waals surface area contributed by atoms with Gasteiger partial charge in [0, 0.05) is 32.5 Å². The first-order valence-electron chi connectivity index (χ1n) is 8.93. The lowest BCUT2D eigenvalue weighted by molar-refractivity contribution is 0.241. The summed E-state index contributed by atoms with van der Waals surface area (Å²) in [5.41, 5.74) is 1.26. The lowest BCUT2D eigenvalue weighted by Gasteiger charge is -2.14. The maximum atomic E-state index is 5.95. The molecule has 0 fully saturated rings. The number of aliphatic imine (C=N–C) groups is 1. The minimum Gasteiger partial charge on any atom is -0.488 e. The number of ether oxygens (including phenoxy) is 1. The van der Waals surface area contributed by atoms with Crippen molar-refractivity contribution >= 4 is 5.96 Å². The molecule has 0 aliphatic carbocycles. The highest BCUT2D eigenvalue weighted by Crippen LogP contribution is 2.28. The van der Waals surface area contributed by atoms with Crippen molar-refractivity contribution < 1.29 is 4.74 Å². The van der Waals surface area contributed by atoms with Gasteiger partial charge < -0.3 is 19.9 Å². The number of hydrogen-bond acceptors (Lipinski definition) is 4. The predicted molar refractivity (Wildman–Crippen MR) is 97.9 cm³/mol. The largest absolute Gasteiger partial charge is 0.488 e. The third kappa shape index (κ3) is 4.49. The van der Waals surface area contributed by atoms with Crippen molar-refractivity contribution in [2.75, 3.05) is 19.6 Å². The molecule has 0 amide bonds. The van der Waals surface area contributed by atoms with Gasteiger partial charge in [0.1, 0.15) is 24.0 Å². The number of guanidine groups is 1. The Kier molecular flexibility index (Phi) is 5.87. The van der Waals surface area contributed by atoms with E-state index in [0.717, 1.165) is 50.0 Å². The molecular weight excluding hydrogens is 316 g/mol. The Morgan fingerprint density at radius 3 is 3.00 bits per heavy atom. The molecule has 25 heavy (non-hydrogen) atoms. The standard InChI is InChI=1S/C18H26N6O/c1-3-17-23-22-13-24(17)10-9-20-18(19-4-2)21-12-15-11-14-7-5-6-8-16(14)25-15/h5-8,13,15H,3-4,9-12H2,1-2H3,(H2,19,20,21). The van der Waals surface area contributed by atoms with Crippen LogP contribution >= 0.6 is 0 Å². The number of rotatable bonds is 7. The fourth-order valence-electron chi connectivity index (χ4n) is 2.92. The van der Waals surface area contributed by atoms with Crippen molar-refractivity contribution in [2.24, 2.45) is 4.99 Å². The Bertz CT molecular complexity index is 686. The summed E-state index contributed by atoms with van der Waals surface area (Å²) < 4.78 is 8.01. The highest BCUT2D eigenvalue weighted by Gasteiger charge is 2.21. The van der Waals surface area contributed by atoms with Crippen LogP contribution in [0.15, 0.2) is 35.6 Å². The molecule has 1 aliphatic heterocycles. The number of benzene rings is 1. The lowest BCUT2D eigenvalue weighted by Crippen LogP contribution is -2.39. The number of nitrogens with zero attached hydrogens (tertiary/aromatic N) is 4. The molecule has 2 N–H and O–H groups in total. The Hall–Kier alpha value is -2.57. The summed E-state index contributed by atoms with van der Waals surface area (Å²) in [6.07, 6.45) is 3.68. The fraction of sp³-hybridized carbons (Fsp3) is 0.500. The van der Waals surface area contributed by atoms with Crippen LogP contribution in [0.4, 0.5) is 0 Å². The Labute approximate surface area is 148 Å². The van der Waals surface area contributed by atoms with Crippen LogP contribution in [0.25, 0.3) is 0 Å². The summed E-state index contributed by atoms with van der Waals surface area (Å²) in [7, 11) is 0. The van der Waals surface area contributed by atoms with Crippen molar-refractivity contribution in [1.82, 2.24) is 25.4 Å². The summed E-state index contributed by atoms with van der Waals surface area (Å²) in [5, 5.41) is 14.7. The van der Waals surface area contributed by atoms with E-state index in [0.29, 0.717) is 6.54 Å². The van der Waals surface area contributed by atoms with Gasteiger partial charge in [-0.05, 0) is 18.6 Å². The second-order valence-corrected chi connectivity index (χ2v) is 5.99. The van der Waals surface area contributed by atoms with Crippen molar-refractivity contribution in [2.45, 2.75) is 39.3 Å². The van der Waals surface area contributed by atoms with Crippen LogP contribution < -0.4 is 15.4 Å². The van der Waals surface area contributed by atoms with Gasteiger partial charge in [0.15, 0.2) is 5.96 Å². The molecule has 1 unspecified atom stereocenters. The Morgan fingerprint density at radius 1 is 1.32 bits per heavy atom. The van der Waals surface area contributed by atoms with Gasteiger partial charge in [0.05, 0.1) is 6.54 Å². The molecule has 3 rings (SSSR count). The molecule has 0 spiro atoms. The van der Waals surface area contributed by atoms with Gasteiger partial charge in [-0.25, -0.2) is 4.99 Å². The van der Waals surface area contributed by atoms with E-state index in [9.17, 15) is 0 Å². The number of para-hydroxylation sites is 1. The predicted octanol–water partition coefficient (Wildman–Crippen LogP) is 1.40. The van der Waals surface area contributed by atoms with E-state index in [4.69, 9.17) is 4.74 Å².